The molecule has 1 fully saturated rings. The van der Waals surface area contributed by atoms with E-state index >= 15 is 0 Å². The highest BCUT2D eigenvalue weighted by Crippen LogP contribution is 2.23. The first-order valence-corrected chi connectivity index (χ1v) is 10.6. The number of likely N-dealkylation sites (tertiary alicyclic amines) is 1. The van der Waals surface area contributed by atoms with Crippen LogP contribution >= 0.6 is 0 Å². The maximum atomic E-state index is 12.0. The van der Waals surface area contributed by atoms with E-state index in [4.69, 9.17) is 10.00 Å². The molecule has 0 aliphatic carbocycles. The van der Waals surface area contributed by atoms with Crippen LogP contribution in [0.5, 0.6) is 5.75 Å². The van der Waals surface area contributed by atoms with E-state index in [1.807, 2.05) is 6.07 Å². The van der Waals surface area contributed by atoms with Gasteiger partial charge in [-0.15, -0.1) is 0 Å². The van der Waals surface area contributed by atoms with Crippen LogP contribution < -0.4 is 15.4 Å². The molecule has 2 N–H and O–H groups in total. The summed E-state index contributed by atoms with van der Waals surface area (Å²) in [5.74, 6) is 1.58. The molecule has 1 saturated heterocycles. The van der Waals surface area contributed by atoms with Gasteiger partial charge in [-0.05, 0) is 80.6 Å². The number of nitrogens with zero attached hydrogens (tertiary/aromatic N) is 2. The van der Waals surface area contributed by atoms with Crippen molar-refractivity contribution in [2.24, 2.45) is 5.92 Å². The minimum atomic E-state index is -0.236. The van der Waals surface area contributed by atoms with Gasteiger partial charge in [0.2, 0.25) is 0 Å². The SMILES string of the molecule is COc1cccc(CC2CCCN(CCCNC(=O)Nc3cccc(C#N)c3)C2)c1. The number of anilines is 1. The van der Waals surface area contributed by atoms with E-state index in [0.717, 1.165) is 38.2 Å². The van der Waals surface area contributed by atoms with Crippen LogP contribution in [0.3, 0.4) is 0 Å². The van der Waals surface area contributed by atoms with Gasteiger partial charge >= 0.3 is 6.03 Å². The molecule has 0 spiro atoms. The van der Waals surface area contributed by atoms with Crippen LogP contribution in [-0.2, 0) is 6.42 Å². The zero-order valence-electron chi connectivity index (χ0n) is 17.6. The Bertz CT molecular complexity index is 878. The molecule has 2 aromatic rings. The first kappa shape index (κ1) is 21.7. The number of benzene rings is 2. The van der Waals surface area contributed by atoms with Crippen molar-refractivity contribution in [1.29, 1.82) is 5.26 Å². The first-order chi connectivity index (χ1) is 14.7. The Hall–Kier alpha value is -3.04. The molecule has 0 saturated carbocycles. The highest BCUT2D eigenvalue weighted by Gasteiger charge is 2.20. The number of rotatable bonds is 8. The number of carbonyl (C=O) groups is 1. The van der Waals surface area contributed by atoms with Gasteiger partial charge in [0.25, 0.3) is 0 Å². The molecule has 1 heterocycles. The number of hydrogen-bond acceptors (Lipinski definition) is 4. The summed E-state index contributed by atoms with van der Waals surface area (Å²) in [7, 11) is 1.71. The summed E-state index contributed by atoms with van der Waals surface area (Å²) in [5.41, 5.74) is 2.49. The largest absolute Gasteiger partial charge is 0.497 e. The number of amides is 2. The molecule has 158 valence electrons. The van der Waals surface area contributed by atoms with E-state index in [0.29, 0.717) is 23.7 Å². The molecule has 30 heavy (non-hydrogen) atoms. The standard InChI is InChI=1S/C24H30N4O2/c1-30-23-10-3-6-19(16-23)14-21-8-4-12-28(18-21)13-5-11-26-24(29)27-22-9-2-7-20(15-22)17-25/h2-3,6-7,9-10,15-16,21H,4-5,8,11-14,18H2,1H3,(H2,26,27,29). The average Bonchev–Trinajstić information content (AvgIpc) is 2.77. The van der Waals surface area contributed by atoms with E-state index < -0.39 is 0 Å². The van der Waals surface area contributed by atoms with Crippen LogP contribution in [0.15, 0.2) is 48.5 Å². The quantitative estimate of drug-likeness (QED) is 0.649. The molecular formula is C24H30N4O2. The van der Waals surface area contributed by atoms with Crippen molar-refractivity contribution >= 4 is 11.7 Å². The maximum Gasteiger partial charge on any atom is 0.319 e. The highest BCUT2D eigenvalue weighted by molar-refractivity contribution is 5.89. The number of piperidine rings is 1. The lowest BCUT2D eigenvalue weighted by Crippen LogP contribution is -2.38. The van der Waals surface area contributed by atoms with E-state index in [2.05, 4.69) is 39.8 Å². The Morgan fingerprint density at radius 1 is 1.27 bits per heavy atom. The summed E-state index contributed by atoms with van der Waals surface area (Å²) >= 11 is 0. The van der Waals surface area contributed by atoms with Crippen LogP contribution in [0, 0.1) is 17.2 Å². The maximum absolute atomic E-state index is 12.0. The lowest BCUT2D eigenvalue weighted by Gasteiger charge is -2.33. The van der Waals surface area contributed by atoms with Gasteiger partial charge in [-0.2, -0.15) is 5.26 Å². The molecule has 3 rings (SSSR count). The second-order valence-electron chi connectivity index (χ2n) is 7.79. The average molecular weight is 407 g/mol. The third kappa shape index (κ3) is 6.78. The minimum absolute atomic E-state index is 0.236. The van der Waals surface area contributed by atoms with Crippen molar-refractivity contribution in [3.63, 3.8) is 0 Å². The Morgan fingerprint density at radius 2 is 2.13 bits per heavy atom. The fourth-order valence-electron chi connectivity index (χ4n) is 4.00. The molecular weight excluding hydrogens is 376 g/mol. The number of nitrogens with one attached hydrogen (secondary N) is 2. The Labute approximate surface area is 178 Å². The molecule has 0 bridgehead atoms. The van der Waals surface area contributed by atoms with Crippen molar-refractivity contribution in [3.8, 4) is 11.8 Å². The molecule has 2 amide bonds. The van der Waals surface area contributed by atoms with Crippen LogP contribution in [0.2, 0.25) is 0 Å². The number of urea groups is 1. The summed E-state index contributed by atoms with van der Waals surface area (Å²) in [6.07, 6.45) is 4.47. The number of methoxy groups -OCH3 is 1. The number of hydrogen-bond donors (Lipinski definition) is 2. The zero-order valence-corrected chi connectivity index (χ0v) is 17.6. The zero-order chi connectivity index (χ0) is 21.2. The molecule has 1 aliphatic heterocycles. The van der Waals surface area contributed by atoms with Gasteiger partial charge in [0.05, 0.1) is 18.7 Å². The topological polar surface area (TPSA) is 77.4 Å². The Morgan fingerprint density at radius 3 is 2.97 bits per heavy atom. The van der Waals surface area contributed by atoms with Gasteiger partial charge in [-0.3, -0.25) is 0 Å². The Kier molecular flexibility index (Phi) is 8.10. The molecule has 1 aliphatic rings. The van der Waals surface area contributed by atoms with Crippen LogP contribution in [0.25, 0.3) is 0 Å². The lowest BCUT2D eigenvalue weighted by molar-refractivity contribution is 0.172. The summed E-state index contributed by atoms with van der Waals surface area (Å²) in [6, 6.07) is 17.1. The molecule has 1 atom stereocenters. The van der Waals surface area contributed by atoms with E-state index in [1.165, 1.54) is 18.4 Å². The molecule has 0 aromatic heterocycles. The van der Waals surface area contributed by atoms with Gasteiger partial charge in [-0.1, -0.05) is 18.2 Å². The number of ether oxygens (including phenoxy) is 1. The van der Waals surface area contributed by atoms with Gasteiger partial charge in [-0.25, -0.2) is 4.79 Å². The monoisotopic (exact) mass is 406 g/mol. The van der Waals surface area contributed by atoms with Crippen molar-refractivity contribution in [1.82, 2.24) is 10.2 Å². The third-order valence-electron chi connectivity index (χ3n) is 5.45. The fraction of sp³-hybridized carbons (Fsp3) is 0.417. The highest BCUT2D eigenvalue weighted by atomic mass is 16.5. The molecule has 0 radical (unpaired) electrons. The third-order valence-corrected chi connectivity index (χ3v) is 5.45. The van der Waals surface area contributed by atoms with E-state index in [9.17, 15) is 4.79 Å². The summed E-state index contributed by atoms with van der Waals surface area (Å²) in [6.45, 7) is 3.84. The van der Waals surface area contributed by atoms with Gasteiger partial charge < -0.3 is 20.3 Å². The van der Waals surface area contributed by atoms with Gasteiger partial charge in [0.1, 0.15) is 5.75 Å². The predicted octanol–water partition coefficient (Wildman–Crippen LogP) is 4.03. The van der Waals surface area contributed by atoms with Crippen molar-refractivity contribution in [2.75, 3.05) is 38.6 Å². The first-order valence-electron chi connectivity index (χ1n) is 10.6. The molecule has 1 unspecified atom stereocenters. The fourth-order valence-corrected chi connectivity index (χ4v) is 4.00. The summed E-state index contributed by atoms with van der Waals surface area (Å²) in [4.78, 5) is 14.5. The molecule has 2 aromatic carbocycles. The summed E-state index contributed by atoms with van der Waals surface area (Å²) in [5, 5.41) is 14.6. The van der Waals surface area contributed by atoms with Crippen LogP contribution in [0.4, 0.5) is 10.5 Å². The van der Waals surface area contributed by atoms with Gasteiger partial charge in [0, 0.05) is 18.8 Å². The van der Waals surface area contributed by atoms with E-state index in [1.54, 1.807) is 31.4 Å². The normalized spacial score (nSPS) is 16.5. The summed E-state index contributed by atoms with van der Waals surface area (Å²) < 4.78 is 5.33. The van der Waals surface area contributed by atoms with Crippen LogP contribution in [-0.4, -0.2) is 44.2 Å². The second-order valence-corrected chi connectivity index (χ2v) is 7.79. The smallest absolute Gasteiger partial charge is 0.319 e. The molecule has 6 heteroatoms. The van der Waals surface area contributed by atoms with Crippen molar-refractivity contribution in [3.05, 3.63) is 59.7 Å². The van der Waals surface area contributed by atoms with E-state index in [-0.39, 0.29) is 6.03 Å². The van der Waals surface area contributed by atoms with Crippen LogP contribution in [0.1, 0.15) is 30.4 Å². The number of carbonyl (C=O) groups excluding carboxylic acids is 1. The number of nitriles is 1. The second kappa shape index (κ2) is 11.2. The Balaban J connectivity index is 1.36. The van der Waals surface area contributed by atoms with Crippen molar-refractivity contribution in [2.45, 2.75) is 25.7 Å². The predicted molar refractivity (Wildman–Crippen MR) is 119 cm³/mol. The minimum Gasteiger partial charge on any atom is -0.497 e. The lowest BCUT2D eigenvalue weighted by atomic mass is 9.91. The molecule has 6 nitrogen and oxygen atoms in total. The van der Waals surface area contributed by atoms with Crippen molar-refractivity contribution < 1.29 is 9.53 Å². The van der Waals surface area contributed by atoms with Gasteiger partial charge in [0.15, 0.2) is 0 Å².